The fraction of sp³-hybridized carbons (Fsp3) is 0.815. The van der Waals surface area contributed by atoms with Gasteiger partial charge in [-0.05, 0) is 44.4 Å². The number of nitrogens with zero attached hydrogens (tertiary/aromatic N) is 1. The number of hydrogen-bond acceptors (Lipinski definition) is 7. The van der Waals surface area contributed by atoms with Crippen molar-refractivity contribution in [3.05, 3.63) is 16.4 Å². The van der Waals surface area contributed by atoms with E-state index in [1.165, 1.54) is 32.1 Å². The summed E-state index contributed by atoms with van der Waals surface area (Å²) in [5, 5.41) is 14.8. The summed E-state index contributed by atoms with van der Waals surface area (Å²) in [6.07, 6.45) is 4.24. The van der Waals surface area contributed by atoms with Gasteiger partial charge in [0.05, 0.1) is 36.9 Å². The van der Waals surface area contributed by atoms with Crippen molar-refractivity contribution in [2.24, 2.45) is 40.4 Å². The molecule has 10 atom stereocenters. The minimum atomic E-state index is -0.704. The monoisotopic (exact) mass is 487 g/mol. The summed E-state index contributed by atoms with van der Waals surface area (Å²) >= 11 is 0. The highest BCUT2D eigenvalue weighted by Crippen LogP contribution is 2.78. The molecule has 6 rings (SSSR count). The van der Waals surface area contributed by atoms with Gasteiger partial charge in [-0.1, -0.05) is 18.1 Å². The van der Waals surface area contributed by atoms with E-state index in [2.05, 4.69) is 6.92 Å². The number of hydrogen-bond donors (Lipinski definition) is 0. The molecule has 0 aromatic heterocycles. The van der Waals surface area contributed by atoms with Crippen molar-refractivity contribution in [3.8, 4) is 0 Å². The number of carbonyl (C=O) groups excluding carboxylic acids is 3. The van der Waals surface area contributed by atoms with Crippen LogP contribution < -0.4 is 0 Å². The van der Waals surface area contributed by atoms with Gasteiger partial charge in [-0.25, -0.2) is 0 Å². The van der Waals surface area contributed by atoms with E-state index in [4.69, 9.17) is 14.2 Å². The molecule has 192 valence electrons. The smallest absolute Gasteiger partial charge is 0.309 e. The number of esters is 3. The Hall–Kier alpha value is -1.93. The van der Waals surface area contributed by atoms with Gasteiger partial charge in [-0.3, -0.25) is 14.4 Å². The van der Waals surface area contributed by atoms with Crippen LogP contribution in [0.3, 0.4) is 0 Å². The fourth-order valence-electron chi connectivity index (χ4n) is 10.4. The van der Waals surface area contributed by atoms with E-state index in [0.717, 1.165) is 25.7 Å². The van der Waals surface area contributed by atoms with E-state index in [1.54, 1.807) is 0 Å². The van der Waals surface area contributed by atoms with Crippen LogP contribution in [0.4, 0.5) is 0 Å². The highest BCUT2D eigenvalue weighted by molar-refractivity contribution is 5.75. The van der Waals surface area contributed by atoms with E-state index in [-0.39, 0.29) is 64.8 Å². The number of ether oxygens (including phenoxy) is 3. The minimum absolute atomic E-state index is 0.0482. The van der Waals surface area contributed by atoms with Crippen molar-refractivity contribution < 1.29 is 33.2 Å². The topological polar surface area (TPSA) is 102 Å². The number of allylic oxidation sites excluding steroid dienone is 1. The van der Waals surface area contributed by atoms with Crippen LogP contribution in [-0.4, -0.2) is 61.5 Å². The van der Waals surface area contributed by atoms with Crippen molar-refractivity contribution in [1.29, 1.82) is 0 Å². The predicted molar refractivity (Wildman–Crippen MR) is 124 cm³/mol. The van der Waals surface area contributed by atoms with Gasteiger partial charge in [0.1, 0.15) is 18.8 Å². The van der Waals surface area contributed by atoms with Crippen molar-refractivity contribution in [2.45, 2.75) is 71.4 Å². The number of hydroxylamine groups is 3. The molecule has 2 saturated carbocycles. The average Bonchev–Trinajstić information content (AvgIpc) is 3.40. The lowest BCUT2D eigenvalue weighted by Gasteiger charge is -2.70. The summed E-state index contributed by atoms with van der Waals surface area (Å²) in [6.45, 7) is 6.15. The van der Waals surface area contributed by atoms with E-state index >= 15 is 0 Å². The molecule has 6 aliphatic rings. The molecule has 4 aliphatic carbocycles. The maximum atomic E-state index is 14.8. The van der Waals surface area contributed by atoms with Crippen molar-refractivity contribution in [3.63, 3.8) is 0 Å². The lowest BCUT2D eigenvalue weighted by molar-refractivity contribution is -0.918. The molecule has 8 heteroatoms. The molecule has 0 radical (unpaired) electrons. The maximum absolute atomic E-state index is 14.8. The van der Waals surface area contributed by atoms with Crippen LogP contribution in [0.5, 0.6) is 0 Å². The van der Waals surface area contributed by atoms with E-state index in [0.29, 0.717) is 25.9 Å². The maximum Gasteiger partial charge on any atom is 0.309 e. The van der Waals surface area contributed by atoms with E-state index in [9.17, 15) is 19.6 Å². The molecular formula is C27H37NO7. The Kier molecular flexibility index (Phi) is 5.06. The average molecular weight is 488 g/mol. The Morgan fingerprint density at radius 1 is 1.11 bits per heavy atom. The molecular weight excluding hydrogens is 450 g/mol. The quantitative estimate of drug-likeness (QED) is 0.197. The zero-order valence-corrected chi connectivity index (χ0v) is 21.2. The molecule has 0 aromatic carbocycles. The first-order valence-electron chi connectivity index (χ1n) is 13.3. The highest BCUT2D eigenvalue weighted by Gasteiger charge is 2.82. The van der Waals surface area contributed by atoms with Gasteiger partial charge in [0, 0.05) is 31.6 Å². The van der Waals surface area contributed by atoms with Gasteiger partial charge < -0.3 is 24.1 Å². The molecule has 8 nitrogen and oxygen atoms in total. The summed E-state index contributed by atoms with van der Waals surface area (Å²) in [5.74, 6) is -0.980. The first kappa shape index (κ1) is 23.5. The molecule has 1 spiro atoms. The standard InChI is InChI=1S/C27H37NO7/c1-14-11-28(32)12-18-7-5-17-6-8-19-21(25(31)33-4)10-26(23(17)19)24(28)20(14)9-22(35-16(3)30)27(18,26)13-34-15(2)29/h14,18-22,24H,5-13H2,1-4H3/t14-,18+,19+,20+,21+,22+,24-,26-,27+,28?/m0/s1. The van der Waals surface area contributed by atoms with Gasteiger partial charge in [-0.15, -0.1) is 0 Å². The second-order valence-electron chi connectivity index (χ2n) is 12.3. The summed E-state index contributed by atoms with van der Waals surface area (Å²) in [5.41, 5.74) is 1.34. The van der Waals surface area contributed by atoms with Crippen molar-refractivity contribution >= 4 is 17.9 Å². The molecule has 0 amide bonds. The van der Waals surface area contributed by atoms with Crippen molar-refractivity contribution in [1.82, 2.24) is 0 Å². The molecule has 2 saturated heterocycles. The first-order chi connectivity index (χ1) is 16.6. The predicted octanol–water partition coefficient (Wildman–Crippen LogP) is 3.13. The molecule has 35 heavy (non-hydrogen) atoms. The summed E-state index contributed by atoms with van der Waals surface area (Å²) in [6, 6.07) is -0.213. The van der Waals surface area contributed by atoms with Crippen LogP contribution in [0.2, 0.25) is 0 Å². The fourth-order valence-corrected chi connectivity index (χ4v) is 10.4. The van der Waals surface area contributed by atoms with Crippen LogP contribution in [-0.2, 0) is 28.6 Å². The van der Waals surface area contributed by atoms with Gasteiger partial charge in [0.15, 0.2) is 0 Å². The van der Waals surface area contributed by atoms with Gasteiger partial charge >= 0.3 is 17.9 Å². The summed E-state index contributed by atoms with van der Waals surface area (Å²) in [4.78, 5) is 37.8. The third-order valence-corrected chi connectivity index (χ3v) is 11.0. The lowest BCUT2D eigenvalue weighted by atomic mass is 9.42. The van der Waals surface area contributed by atoms with Crippen LogP contribution in [0.15, 0.2) is 11.1 Å². The molecule has 2 aliphatic heterocycles. The Labute approximate surface area is 206 Å². The first-order valence-corrected chi connectivity index (χ1v) is 13.3. The van der Waals surface area contributed by atoms with E-state index in [1.807, 2.05) is 0 Å². The van der Waals surface area contributed by atoms with Crippen LogP contribution in [0.1, 0.15) is 59.3 Å². The van der Waals surface area contributed by atoms with Gasteiger partial charge in [0.2, 0.25) is 0 Å². The van der Waals surface area contributed by atoms with Gasteiger partial charge in [-0.2, -0.15) is 0 Å². The number of piperidine rings is 1. The van der Waals surface area contributed by atoms with Crippen molar-refractivity contribution in [2.75, 3.05) is 26.8 Å². The largest absolute Gasteiger partial charge is 0.633 e. The third-order valence-electron chi connectivity index (χ3n) is 11.0. The lowest BCUT2D eigenvalue weighted by Crippen LogP contribution is -2.77. The Balaban J connectivity index is 1.65. The second kappa shape index (κ2) is 7.54. The SMILES string of the molecule is COC(=O)[C@@H]1C[C@@]23C4=C(CC[C@@H]5C[N+]6([O-])C[C@H](C)[C@@H](C[C@@H](OC(C)=O)[C@@]52COC(C)=O)[C@@H]36)CC[C@@H]41. The highest BCUT2D eigenvalue weighted by atomic mass is 16.6. The summed E-state index contributed by atoms with van der Waals surface area (Å²) in [7, 11) is 1.44. The zero-order chi connectivity index (χ0) is 24.9. The normalized spacial score (nSPS) is 48.8. The molecule has 1 unspecified atom stereocenters. The van der Waals surface area contributed by atoms with Crippen LogP contribution in [0, 0.1) is 45.6 Å². The number of rotatable bonds is 4. The Morgan fingerprint density at radius 3 is 2.54 bits per heavy atom. The molecule has 0 aromatic rings. The zero-order valence-electron chi connectivity index (χ0n) is 21.2. The van der Waals surface area contributed by atoms with Gasteiger partial charge in [0.25, 0.3) is 0 Å². The Bertz CT molecular complexity index is 1020. The number of quaternary nitrogens is 1. The number of carbonyl (C=O) groups is 3. The molecule has 4 fully saturated rings. The Morgan fingerprint density at radius 2 is 1.86 bits per heavy atom. The third kappa shape index (κ3) is 2.78. The summed E-state index contributed by atoms with van der Waals surface area (Å²) < 4.78 is 17.1. The minimum Gasteiger partial charge on any atom is -0.633 e. The molecule has 0 N–H and O–H groups in total. The van der Waals surface area contributed by atoms with Crippen LogP contribution >= 0.6 is 0 Å². The second-order valence-corrected chi connectivity index (χ2v) is 12.3. The van der Waals surface area contributed by atoms with Crippen LogP contribution in [0.25, 0.3) is 0 Å². The molecule has 2 heterocycles. The number of methoxy groups -OCH3 is 1. The molecule has 4 bridgehead atoms. The van der Waals surface area contributed by atoms with E-state index < -0.39 is 16.9 Å².